The number of hydrogen-bond donors (Lipinski definition) is 3. The van der Waals surface area contributed by atoms with Crippen molar-refractivity contribution in [1.29, 1.82) is 0 Å². The molecule has 7 heteroatoms. The molecule has 0 saturated heterocycles. The number of hydrogen-bond acceptors (Lipinski definition) is 4. The fraction of sp³-hybridized carbons (Fsp3) is 0.111. The molecule has 1 aromatic heterocycles. The van der Waals surface area contributed by atoms with Gasteiger partial charge < -0.3 is 15.7 Å². The number of anilines is 2. The molecule has 0 unspecified atom stereocenters. The minimum Gasteiger partial charge on any atom is -0.478 e. The summed E-state index contributed by atoms with van der Waals surface area (Å²) in [4.78, 5) is 31.8. The van der Waals surface area contributed by atoms with E-state index in [9.17, 15) is 9.59 Å². The number of nitrogens with zero attached hydrogens (tertiary/aromatic N) is 2. The molecule has 0 aliphatic rings. The maximum absolute atomic E-state index is 12.1. The summed E-state index contributed by atoms with van der Waals surface area (Å²) in [5.74, 6) is -1.01. The number of carbonyl (C=O) groups is 2. The maximum atomic E-state index is 12.1. The fourth-order valence-corrected chi connectivity index (χ4v) is 2.30. The highest BCUT2D eigenvalue weighted by molar-refractivity contribution is 6.01. The van der Waals surface area contributed by atoms with Crippen LogP contribution in [0.1, 0.15) is 21.7 Å². The SMILES string of the molecule is Cc1nc2ccc(NC(=O)Nc3ccc(C(=O)O)cc3)cc2nc1C. The predicted octanol–water partition coefficient (Wildman–Crippen LogP) is 3.59. The first kappa shape index (κ1) is 16.4. The van der Waals surface area contributed by atoms with Crippen LogP contribution in [0.4, 0.5) is 16.2 Å². The topological polar surface area (TPSA) is 104 Å². The lowest BCUT2D eigenvalue weighted by Crippen LogP contribution is -2.19. The van der Waals surface area contributed by atoms with Gasteiger partial charge in [0.1, 0.15) is 0 Å². The quantitative estimate of drug-likeness (QED) is 0.678. The Balaban J connectivity index is 1.73. The molecule has 3 aromatic rings. The Morgan fingerprint density at radius 2 is 1.40 bits per heavy atom. The normalized spacial score (nSPS) is 10.5. The molecular formula is C18H16N4O3. The standard InChI is InChI=1S/C18H16N4O3/c1-10-11(2)20-16-9-14(7-8-15(16)19-10)22-18(25)21-13-5-3-12(4-6-13)17(23)24/h3-9H,1-2H3,(H,23,24)(H2,21,22,25). The molecule has 2 aromatic carbocycles. The number of nitrogens with one attached hydrogen (secondary N) is 2. The van der Waals surface area contributed by atoms with E-state index < -0.39 is 12.0 Å². The second-order valence-corrected chi connectivity index (χ2v) is 5.56. The van der Waals surface area contributed by atoms with E-state index in [1.807, 2.05) is 13.8 Å². The highest BCUT2D eigenvalue weighted by Gasteiger charge is 2.07. The van der Waals surface area contributed by atoms with Crippen LogP contribution < -0.4 is 10.6 Å². The Kier molecular flexibility index (Phi) is 4.30. The third kappa shape index (κ3) is 3.72. The number of aromatic carboxylic acids is 1. The van der Waals surface area contributed by atoms with Gasteiger partial charge in [0, 0.05) is 11.4 Å². The number of carbonyl (C=O) groups excluding carboxylic acids is 1. The van der Waals surface area contributed by atoms with Gasteiger partial charge in [-0.3, -0.25) is 0 Å². The molecule has 0 spiro atoms. The summed E-state index contributed by atoms with van der Waals surface area (Å²) < 4.78 is 0. The van der Waals surface area contributed by atoms with Gasteiger partial charge in [0.15, 0.2) is 0 Å². The zero-order chi connectivity index (χ0) is 18.0. The van der Waals surface area contributed by atoms with Gasteiger partial charge in [0.05, 0.1) is 28.0 Å². The van der Waals surface area contributed by atoms with Crippen LogP contribution in [0.5, 0.6) is 0 Å². The summed E-state index contributed by atoms with van der Waals surface area (Å²) in [7, 11) is 0. The van der Waals surface area contributed by atoms with Crippen molar-refractivity contribution in [3.8, 4) is 0 Å². The maximum Gasteiger partial charge on any atom is 0.335 e. The molecule has 0 aliphatic heterocycles. The molecule has 1 heterocycles. The third-order valence-corrected chi connectivity index (χ3v) is 3.72. The lowest BCUT2D eigenvalue weighted by atomic mass is 10.2. The molecule has 0 fully saturated rings. The highest BCUT2D eigenvalue weighted by Crippen LogP contribution is 2.18. The molecule has 2 amide bonds. The summed E-state index contributed by atoms with van der Waals surface area (Å²) >= 11 is 0. The van der Waals surface area contributed by atoms with Crippen LogP contribution in [0.15, 0.2) is 42.5 Å². The van der Waals surface area contributed by atoms with Crippen LogP contribution in [-0.4, -0.2) is 27.1 Å². The van der Waals surface area contributed by atoms with Gasteiger partial charge >= 0.3 is 12.0 Å². The van der Waals surface area contributed by atoms with Crippen molar-refractivity contribution < 1.29 is 14.7 Å². The van der Waals surface area contributed by atoms with Gasteiger partial charge in [-0.15, -0.1) is 0 Å². The molecule has 25 heavy (non-hydrogen) atoms. The minimum absolute atomic E-state index is 0.157. The Labute approximate surface area is 143 Å². The van der Waals surface area contributed by atoms with Crippen LogP contribution in [0.3, 0.4) is 0 Å². The van der Waals surface area contributed by atoms with Crippen molar-refractivity contribution in [3.63, 3.8) is 0 Å². The first-order valence-corrected chi connectivity index (χ1v) is 7.59. The zero-order valence-electron chi connectivity index (χ0n) is 13.7. The van der Waals surface area contributed by atoms with E-state index in [1.165, 1.54) is 24.3 Å². The fourth-order valence-electron chi connectivity index (χ4n) is 2.30. The summed E-state index contributed by atoms with van der Waals surface area (Å²) in [6.45, 7) is 3.78. The van der Waals surface area contributed by atoms with Crippen LogP contribution >= 0.6 is 0 Å². The van der Waals surface area contributed by atoms with Crippen LogP contribution in [0, 0.1) is 13.8 Å². The Morgan fingerprint density at radius 1 is 0.840 bits per heavy atom. The van der Waals surface area contributed by atoms with Gasteiger partial charge in [0.2, 0.25) is 0 Å². The van der Waals surface area contributed by atoms with E-state index in [-0.39, 0.29) is 5.56 Å². The average Bonchev–Trinajstić information content (AvgIpc) is 2.56. The summed E-state index contributed by atoms with van der Waals surface area (Å²) in [5.41, 5.74) is 4.41. The van der Waals surface area contributed by atoms with Gasteiger partial charge in [-0.2, -0.15) is 0 Å². The van der Waals surface area contributed by atoms with Crippen LogP contribution in [0.25, 0.3) is 11.0 Å². The second kappa shape index (κ2) is 6.56. The number of amides is 2. The lowest BCUT2D eigenvalue weighted by Gasteiger charge is -2.09. The molecular weight excluding hydrogens is 320 g/mol. The number of fused-ring (bicyclic) bond motifs is 1. The molecule has 0 bridgehead atoms. The van der Waals surface area contributed by atoms with E-state index in [0.717, 1.165) is 16.9 Å². The van der Waals surface area contributed by atoms with Crippen molar-refractivity contribution in [1.82, 2.24) is 9.97 Å². The van der Waals surface area contributed by atoms with E-state index in [4.69, 9.17) is 5.11 Å². The largest absolute Gasteiger partial charge is 0.478 e. The van der Waals surface area contributed by atoms with E-state index in [0.29, 0.717) is 16.9 Å². The van der Waals surface area contributed by atoms with Crippen molar-refractivity contribution in [2.45, 2.75) is 13.8 Å². The summed E-state index contributed by atoms with van der Waals surface area (Å²) in [6, 6.07) is 10.8. The number of rotatable bonds is 3. The van der Waals surface area contributed by atoms with Crippen molar-refractivity contribution in [3.05, 3.63) is 59.4 Å². The summed E-state index contributed by atoms with van der Waals surface area (Å²) in [6.07, 6.45) is 0. The van der Waals surface area contributed by atoms with Gasteiger partial charge in [0.25, 0.3) is 0 Å². The first-order chi connectivity index (χ1) is 11.9. The Bertz CT molecular complexity index is 968. The van der Waals surface area contributed by atoms with E-state index in [1.54, 1.807) is 18.2 Å². The van der Waals surface area contributed by atoms with Crippen LogP contribution in [-0.2, 0) is 0 Å². The number of carboxylic acid groups (broad SMARTS) is 1. The molecule has 126 valence electrons. The molecule has 0 radical (unpaired) electrons. The monoisotopic (exact) mass is 336 g/mol. The first-order valence-electron chi connectivity index (χ1n) is 7.59. The predicted molar refractivity (Wildman–Crippen MR) is 95.1 cm³/mol. The van der Waals surface area contributed by atoms with Crippen LogP contribution in [0.2, 0.25) is 0 Å². The minimum atomic E-state index is -1.01. The van der Waals surface area contributed by atoms with E-state index >= 15 is 0 Å². The summed E-state index contributed by atoms with van der Waals surface area (Å²) in [5, 5.41) is 14.2. The highest BCUT2D eigenvalue weighted by atomic mass is 16.4. The Hall–Kier alpha value is -3.48. The lowest BCUT2D eigenvalue weighted by molar-refractivity contribution is 0.0697. The smallest absolute Gasteiger partial charge is 0.335 e. The third-order valence-electron chi connectivity index (χ3n) is 3.72. The second-order valence-electron chi connectivity index (χ2n) is 5.56. The molecule has 3 N–H and O–H groups in total. The van der Waals surface area contributed by atoms with Gasteiger partial charge in [-0.05, 0) is 56.3 Å². The number of aromatic nitrogens is 2. The van der Waals surface area contributed by atoms with Crippen molar-refractivity contribution >= 4 is 34.4 Å². The molecule has 3 rings (SSSR count). The number of urea groups is 1. The number of benzene rings is 2. The van der Waals surface area contributed by atoms with E-state index in [2.05, 4.69) is 20.6 Å². The Morgan fingerprint density at radius 3 is 2.04 bits per heavy atom. The molecule has 0 saturated carbocycles. The molecule has 0 atom stereocenters. The van der Waals surface area contributed by atoms with Crippen molar-refractivity contribution in [2.24, 2.45) is 0 Å². The zero-order valence-corrected chi connectivity index (χ0v) is 13.7. The number of carboxylic acids is 1. The molecule has 7 nitrogen and oxygen atoms in total. The number of aryl methyl sites for hydroxylation is 2. The molecule has 0 aliphatic carbocycles. The van der Waals surface area contributed by atoms with Crippen molar-refractivity contribution in [2.75, 3.05) is 10.6 Å². The van der Waals surface area contributed by atoms with Gasteiger partial charge in [-0.1, -0.05) is 0 Å². The average molecular weight is 336 g/mol. The van der Waals surface area contributed by atoms with Gasteiger partial charge in [-0.25, -0.2) is 19.6 Å².